The normalized spacial score (nSPS) is 14.3. The predicted octanol–water partition coefficient (Wildman–Crippen LogP) is 2.58. The molecule has 0 spiro atoms. The zero-order valence-corrected chi connectivity index (χ0v) is 12.6. The van der Waals surface area contributed by atoms with Crippen LogP contribution in [0.15, 0.2) is 30.3 Å². The maximum absolute atomic E-state index is 11.6. The molecule has 1 rings (SSSR count). The number of nitrogens with one attached hydrogen (secondary N) is 1. The van der Waals surface area contributed by atoms with E-state index in [4.69, 9.17) is 11.6 Å². The van der Waals surface area contributed by atoms with Crippen LogP contribution >= 0.6 is 23.4 Å². The van der Waals surface area contributed by atoms with Crippen molar-refractivity contribution in [1.29, 1.82) is 0 Å². The van der Waals surface area contributed by atoms with Crippen molar-refractivity contribution >= 4 is 35.3 Å². The van der Waals surface area contributed by atoms with Crippen LogP contribution in [0.3, 0.4) is 0 Å². The van der Waals surface area contributed by atoms with E-state index in [1.807, 2.05) is 18.4 Å². The fourth-order valence-corrected chi connectivity index (χ4v) is 2.29. The maximum atomic E-state index is 11.6. The number of aliphatic hydroxyl groups is 1. The van der Waals surface area contributed by atoms with Crippen LogP contribution in [0.1, 0.15) is 12.5 Å². The first-order valence-corrected chi connectivity index (χ1v) is 7.63. The van der Waals surface area contributed by atoms with Gasteiger partial charge < -0.3 is 10.4 Å². The van der Waals surface area contributed by atoms with Gasteiger partial charge in [-0.15, -0.1) is 0 Å². The molecule has 3 nitrogen and oxygen atoms in total. The van der Waals surface area contributed by atoms with E-state index in [0.29, 0.717) is 10.8 Å². The smallest absolute Gasteiger partial charge is 0.244 e. The number of amides is 1. The second-order valence-corrected chi connectivity index (χ2v) is 5.84. The van der Waals surface area contributed by atoms with Gasteiger partial charge in [-0.3, -0.25) is 4.79 Å². The summed E-state index contributed by atoms with van der Waals surface area (Å²) in [6.45, 7) is 1.93. The Balaban J connectivity index is 2.45. The van der Waals surface area contributed by atoms with Gasteiger partial charge in [0.15, 0.2) is 0 Å². The Hall–Kier alpha value is -0.970. The van der Waals surface area contributed by atoms with E-state index in [-0.39, 0.29) is 12.5 Å². The van der Waals surface area contributed by atoms with Crippen molar-refractivity contribution in [2.45, 2.75) is 12.5 Å². The summed E-state index contributed by atoms with van der Waals surface area (Å²) in [5, 5.41) is 13.2. The number of benzene rings is 1. The van der Waals surface area contributed by atoms with Gasteiger partial charge in [0.2, 0.25) is 5.91 Å². The summed E-state index contributed by atoms with van der Waals surface area (Å²) in [7, 11) is 0. The van der Waals surface area contributed by atoms with Gasteiger partial charge in [-0.05, 0) is 37.0 Å². The minimum Gasteiger partial charge on any atom is -0.387 e. The zero-order chi connectivity index (χ0) is 14.3. The van der Waals surface area contributed by atoms with Crippen molar-refractivity contribution in [3.63, 3.8) is 0 Å². The van der Waals surface area contributed by atoms with Gasteiger partial charge in [0, 0.05) is 23.4 Å². The van der Waals surface area contributed by atoms with Gasteiger partial charge in [-0.25, -0.2) is 0 Å². The quantitative estimate of drug-likeness (QED) is 0.794. The summed E-state index contributed by atoms with van der Waals surface area (Å²) < 4.78 is 0. The van der Waals surface area contributed by atoms with Crippen LogP contribution in [-0.2, 0) is 4.79 Å². The fraction of sp³-hybridized carbons (Fsp3) is 0.357. The van der Waals surface area contributed by atoms with Crippen LogP contribution in [0.2, 0.25) is 5.02 Å². The molecule has 5 heteroatoms. The number of rotatable bonds is 6. The van der Waals surface area contributed by atoms with E-state index in [2.05, 4.69) is 5.32 Å². The third kappa shape index (κ3) is 6.66. The lowest BCUT2D eigenvalue weighted by Crippen LogP contribution is -2.41. The molecule has 0 aromatic heterocycles. The molecule has 0 saturated heterocycles. The van der Waals surface area contributed by atoms with E-state index in [0.717, 1.165) is 5.56 Å². The lowest BCUT2D eigenvalue weighted by Gasteiger charge is -2.21. The molecule has 1 aromatic carbocycles. The second-order valence-electron chi connectivity index (χ2n) is 4.53. The van der Waals surface area contributed by atoms with Crippen molar-refractivity contribution < 1.29 is 9.90 Å². The summed E-state index contributed by atoms with van der Waals surface area (Å²) in [5.74, 6) is 0.352. The Morgan fingerprint density at radius 3 is 2.68 bits per heavy atom. The minimum absolute atomic E-state index is 0.226. The molecule has 1 aromatic rings. The van der Waals surface area contributed by atoms with Gasteiger partial charge >= 0.3 is 0 Å². The third-order valence-corrected chi connectivity index (χ3v) is 3.56. The Kier molecular flexibility index (Phi) is 6.42. The van der Waals surface area contributed by atoms with Crippen molar-refractivity contribution in [1.82, 2.24) is 5.32 Å². The predicted molar refractivity (Wildman–Crippen MR) is 82.5 cm³/mol. The van der Waals surface area contributed by atoms with Crippen molar-refractivity contribution in [2.24, 2.45) is 0 Å². The van der Waals surface area contributed by atoms with Crippen molar-refractivity contribution in [2.75, 3.05) is 18.6 Å². The molecule has 0 bridgehead atoms. The van der Waals surface area contributed by atoms with Crippen LogP contribution in [-0.4, -0.2) is 35.2 Å². The largest absolute Gasteiger partial charge is 0.387 e. The SMILES string of the molecule is CSC[C@@](C)(O)CNC(=O)/C=C\c1ccc(Cl)cc1. The lowest BCUT2D eigenvalue weighted by molar-refractivity contribution is -0.117. The number of hydrogen-bond acceptors (Lipinski definition) is 3. The molecule has 104 valence electrons. The Bertz CT molecular complexity index is 443. The monoisotopic (exact) mass is 299 g/mol. The molecule has 0 aliphatic heterocycles. The summed E-state index contributed by atoms with van der Waals surface area (Å²) >= 11 is 7.31. The number of hydrogen-bond donors (Lipinski definition) is 2. The molecule has 0 saturated carbocycles. The highest BCUT2D eigenvalue weighted by atomic mass is 35.5. The third-order valence-electron chi connectivity index (χ3n) is 2.40. The first-order chi connectivity index (χ1) is 8.93. The summed E-state index contributed by atoms with van der Waals surface area (Å²) in [4.78, 5) is 11.6. The van der Waals surface area contributed by atoms with Gasteiger partial charge in [-0.1, -0.05) is 23.7 Å². The van der Waals surface area contributed by atoms with Gasteiger partial charge in [-0.2, -0.15) is 11.8 Å². The summed E-state index contributed by atoms with van der Waals surface area (Å²) in [6.07, 6.45) is 5.06. The van der Waals surface area contributed by atoms with E-state index in [9.17, 15) is 9.90 Å². The van der Waals surface area contributed by atoms with Crippen molar-refractivity contribution in [3.8, 4) is 0 Å². The van der Waals surface area contributed by atoms with Gasteiger partial charge in [0.1, 0.15) is 0 Å². The second kappa shape index (κ2) is 7.58. The molecule has 2 N–H and O–H groups in total. The molecular formula is C14H18ClNO2S. The number of halogens is 1. The van der Waals surface area contributed by atoms with Crippen LogP contribution in [0.5, 0.6) is 0 Å². The highest BCUT2D eigenvalue weighted by Crippen LogP contribution is 2.11. The number of carbonyl (C=O) groups excluding carboxylic acids is 1. The number of carbonyl (C=O) groups is 1. The van der Waals surface area contributed by atoms with E-state index in [1.165, 1.54) is 17.8 Å². The molecule has 0 aliphatic rings. The van der Waals surface area contributed by atoms with Crippen molar-refractivity contribution in [3.05, 3.63) is 40.9 Å². The molecule has 0 radical (unpaired) electrons. The highest BCUT2D eigenvalue weighted by molar-refractivity contribution is 7.98. The Morgan fingerprint density at radius 2 is 2.11 bits per heavy atom. The Morgan fingerprint density at radius 1 is 1.47 bits per heavy atom. The van der Waals surface area contributed by atoms with Crippen LogP contribution in [0.25, 0.3) is 6.08 Å². The van der Waals surface area contributed by atoms with E-state index < -0.39 is 5.60 Å². The minimum atomic E-state index is -0.886. The van der Waals surface area contributed by atoms with Crippen LogP contribution in [0.4, 0.5) is 0 Å². The number of thioether (sulfide) groups is 1. The molecule has 0 unspecified atom stereocenters. The van der Waals surface area contributed by atoms with E-state index >= 15 is 0 Å². The highest BCUT2D eigenvalue weighted by Gasteiger charge is 2.19. The average Bonchev–Trinajstić information content (AvgIpc) is 2.36. The standard InChI is InChI=1S/C14H18ClNO2S/c1-14(18,10-19-2)9-16-13(17)8-5-11-3-6-12(15)7-4-11/h3-8,18H,9-10H2,1-2H3,(H,16,17)/b8-5-/t14-/m0/s1. The molecule has 0 fully saturated rings. The topological polar surface area (TPSA) is 49.3 Å². The first kappa shape index (κ1) is 16.1. The average molecular weight is 300 g/mol. The fourth-order valence-electron chi connectivity index (χ4n) is 1.44. The summed E-state index contributed by atoms with van der Waals surface area (Å²) in [5.41, 5.74) is 0.0128. The maximum Gasteiger partial charge on any atom is 0.244 e. The zero-order valence-electron chi connectivity index (χ0n) is 11.0. The molecule has 19 heavy (non-hydrogen) atoms. The first-order valence-electron chi connectivity index (χ1n) is 5.86. The van der Waals surface area contributed by atoms with Gasteiger partial charge in [0.05, 0.1) is 5.60 Å². The van der Waals surface area contributed by atoms with Crippen LogP contribution < -0.4 is 5.32 Å². The van der Waals surface area contributed by atoms with Gasteiger partial charge in [0.25, 0.3) is 0 Å². The molecule has 0 aliphatic carbocycles. The molecular weight excluding hydrogens is 282 g/mol. The van der Waals surface area contributed by atoms with E-state index in [1.54, 1.807) is 25.1 Å². The molecule has 1 atom stereocenters. The molecule has 0 heterocycles. The van der Waals surface area contributed by atoms with Crippen LogP contribution in [0, 0.1) is 0 Å². The summed E-state index contributed by atoms with van der Waals surface area (Å²) in [6, 6.07) is 7.19. The Labute approximate surface area is 123 Å². The lowest BCUT2D eigenvalue weighted by atomic mass is 10.1. The molecule has 1 amide bonds.